The topological polar surface area (TPSA) is 0 Å². The van der Waals surface area contributed by atoms with Gasteiger partial charge >= 0.3 is 0 Å². The molecule has 0 aliphatic rings. The zero-order valence-electron chi connectivity index (χ0n) is 54.7. The molecule has 73 heavy (non-hydrogen) atoms. The molecule has 442 valence electrons. The molecule has 0 aliphatic heterocycles. The lowest BCUT2D eigenvalue weighted by molar-refractivity contribution is 0.353. The smallest absolute Gasteiger partial charge is 0.0234 e. The predicted octanol–water partition coefficient (Wildman–Crippen LogP) is 27.9. The fourth-order valence-electron chi connectivity index (χ4n) is 10.4. The minimum Gasteiger partial charge on any atom is -0.0883 e. The molecule has 0 aromatic carbocycles. The second-order valence-electron chi connectivity index (χ2n) is 25.8. The summed E-state index contributed by atoms with van der Waals surface area (Å²) in [5.41, 5.74) is 0. The lowest BCUT2D eigenvalue weighted by Crippen LogP contribution is -2.03. The van der Waals surface area contributed by atoms with E-state index in [4.69, 9.17) is 0 Å². The Morgan fingerprint density at radius 2 is 0.452 bits per heavy atom. The molecule has 0 bridgehead atoms. The monoisotopic (exact) mass is 1030 g/mol. The quantitative estimate of drug-likeness (QED) is 0.0421. The van der Waals surface area contributed by atoms with Crippen molar-refractivity contribution in [3.63, 3.8) is 0 Å². The Morgan fingerprint density at radius 1 is 0.205 bits per heavy atom. The van der Waals surface area contributed by atoms with Crippen LogP contribution in [-0.4, -0.2) is 0 Å². The maximum atomic E-state index is 2.53. The van der Waals surface area contributed by atoms with Crippen LogP contribution < -0.4 is 0 Å². The Balaban J connectivity index is -0.000000436. The summed E-state index contributed by atoms with van der Waals surface area (Å²) >= 11 is 0. The van der Waals surface area contributed by atoms with Gasteiger partial charge in [-0.25, -0.2) is 0 Å². The molecule has 0 saturated heterocycles. The summed E-state index contributed by atoms with van der Waals surface area (Å²) in [6.07, 6.45) is 73.8. The molecule has 0 amide bonds. The molecule has 0 nitrogen and oxygen atoms in total. The van der Waals surface area contributed by atoms with Gasteiger partial charge in [0.2, 0.25) is 0 Å². The van der Waals surface area contributed by atoms with Crippen LogP contribution in [-0.2, 0) is 0 Å². The van der Waals surface area contributed by atoms with Crippen LogP contribution >= 0.6 is 0 Å². The minimum atomic E-state index is 0.803. The normalized spacial score (nSPS) is 11.9. The largest absolute Gasteiger partial charge is 0.0883 e. The standard InChI is InChI=1S/C20H40.C19H38.C18H38.C16H34/c1-5-7-9-11-16-20(17-12-10-8-6-2)18-14-13-15-19(3)4;1-5-7-9-11-15-19(16-12-10-8-6-2)17-13-14-18(3)4;1-5-7-9-11-13-18(16-15-17(3)4)14-12-10-8-6-2;1-5-7-9-11-16(12-10-8-6-2)14-13-15(3)4/h13-14,19-20H,5-12,15-18H2,1-4H3;13,17-19H,5-12,14-16H2,1-4H3;17-18H,5-16H2,1-4H3;15-16H,5-14H2,1-4H3/b14-13-;17-13-;;. The Kier molecular flexibility index (Phi) is 73.1. The fourth-order valence-corrected chi connectivity index (χ4v) is 10.4. The third kappa shape index (κ3) is 73.6. The van der Waals surface area contributed by atoms with Crippen LogP contribution in [0.15, 0.2) is 24.3 Å². The highest BCUT2D eigenvalue weighted by atomic mass is 14.2. The van der Waals surface area contributed by atoms with Gasteiger partial charge in [-0.1, -0.05) is 392 Å². The van der Waals surface area contributed by atoms with E-state index >= 15 is 0 Å². The van der Waals surface area contributed by atoms with E-state index in [1.165, 1.54) is 289 Å². The average Bonchev–Trinajstić information content (AvgIpc) is 3.36. The van der Waals surface area contributed by atoms with Crippen LogP contribution in [0.5, 0.6) is 0 Å². The Labute approximate surface area is 469 Å². The number of hydrogen-bond acceptors (Lipinski definition) is 0. The van der Waals surface area contributed by atoms with Gasteiger partial charge in [0, 0.05) is 0 Å². The third-order valence-electron chi connectivity index (χ3n) is 15.7. The van der Waals surface area contributed by atoms with Gasteiger partial charge in [0.15, 0.2) is 0 Å². The summed E-state index contributed by atoms with van der Waals surface area (Å²) in [6, 6.07) is 0. The van der Waals surface area contributed by atoms with Gasteiger partial charge in [-0.2, -0.15) is 0 Å². The van der Waals surface area contributed by atoms with E-state index in [-0.39, 0.29) is 0 Å². The van der Waals surface area contributed by atoms with Crippen molar-refractivity contribution >= 4 is 0 Å². The molecule has 0 saturated carbocycles. The molecular formula is C73H150. The minimum absolute atomic E-state index is 0.803. The highest BCUT2D eigenvalue weighted by Crippen LogP contribution is 2.27. The molecule has 0 aromatic heterocycles. The lowest BCUT2D eigenvalue weighted by atomic mass is 9.88. The van der Waals surface area contributed by atoms with E-state index < -0.39 is 0 Å². The third-order valence-corrected chi connectivity index (χ3v) is 15.7. The zero-order valence-corrected chi connectivity index (χ0v) is 54.7. The number of rotatable bonds is 51. The van der Waals surface area contributed by atoms with Crippen molar-refractivity contribution in [2.24, 2.45) is 47.3 Å². The number of allylic oxidation sites excluding steroid dienone is 4. The summed E-state index contributed by atoms with van der Waals surface area (Å²) in [6.45, 7) is 37.1. The van der Waals surface area contributed by atoms with Gasteiger partial charge in [-0.3, -0.25) is 0 Å². The van der Waals surface area contributed by atoms with Crippen molar-refractivity contribution in [2.75, 3.05) is 0 Å². The zero-order chi connectivity index (χ0) is 55.3. The first-order valence-electron chi connectivity index (χ1n) is 34.6. The molecule has 0 aliphatic carbocycles. The Morgan fingerprint density at radius 3 is 0.740 bits per heavy atom. The Bertz CT molecular complexity index is 934. The van der Waals surface area contributed by atoms with Crippen molar-refractivity contribution in [1.29, 1.82) is 0 Å². The molecule has 0 fully saturated rings. The first-order chi connectivity index (χ1) is 35.3. The summed E-state index contributed by atoms with van der Waals surface area (Å²) in [7, 11) is 0. The molecule has 0 heterocycles. The van der Waals surface area contributed by atoms with Gasteiger partial charge in [-0.15, -0.1) is 0 Å². The van der Waals surface area contributed by atoms with Crippen LogP contribution in [0.1, 0.15) is 400 Å². The average molecular weight is 1030 g/mol. The SMILES string of the molecule is CCCCCC(CCCCC)CCC(C)C.CCCCCCC(/C=C\CC(C)C)CCCCCC.CCCCCCC(C/C=C\CC(C)C)CCCCCC.CCCCCCC(CCCCCC)CCC(C)C. The predicted molar refractivity (Wildman–Crippen MR) is 345 cm³/mol. The molecule has 0 spiro atoms. The molecule has 0 N–H and O–H groups in total. The molecule has 0 atom stereocenters. The molecule has 0 rings (SSSR count). The van der Waals surface area contributed by atoms with Gasteiger partial charge in [0.05, 0.1) is 0 Å². The van der Waals surface area contributed by atoms with Crippen LogP contribution in [0.25, 0.3) is 0 Å². The first-order valence-corrected chi connectivity index (χ1v) is 34.6. The molecule has 0 radical (unpaired) electrons. The van der Waals surface area contributed by atoms with E-state index in [1.54, 1.807) is 0 Å². The first kappa shape index (κ1) is 79.0. The van der Waals surface area contributed by atoms with Crippen molar-refractivity contribution < 1.29 is 0 Å². The van der Waals surface area contributed by atoms with E-state index in [2.05, 4.69) is 135 Å². The summed E-state index contributed by atoms with van der Waals surface area (Å²) < 4.78 is 0. The van der Waals surface area contributed by atoms with Crippen LogP contribution in [0.2, 0.25) is 0 Å². The van der Waals surface area contributed by atoms with Crippen molar-refractivity contribution in [3.05, 3.63) is 24.3 Å². The van der Waals surface area contributed by atoms with Gasteiger partial charge in [-0.05, 0) is 79.4 Å². The molecule has 0 unspecified atom stereocenters. The second kappa shape index (κ2) is 67.6. The fraction of sp³-hybridized carbons (Fsp3) is 0.945. The van der Waals surface area contributed by atoms with Crippen molar-refractivity contribution in [3.8, 4) is 0 Å². The Hall–Kier alpha value is -0.520. The van der Waals surface area contributed by atoms with E-state index in [0.29, 0.717) is 0 Å². The van der Waals surface area contributed by atoms with Gasteiger partial charge < -0.3 is 0 Å². The maximum Gasteiger partial charge on any atom is -0.0234 e. The molecule has 0 aromatic rings. The van der Waals surface area contributed by atoms with Gasteiger partial charge in [0.1, 0.15) is 0 Å². The highest BCUT2D eigenvalue weighted by Gasteiger charge is 2.12. The number of hydrogen-bond donors (Lipinski definition) is 0. The van der Waals surface area contributed by atoms with Gasteiger partial charge in [0.25, 0.3) is 0 Å². The van der Waals surface area contributed by atoms with E-state index in [0.717, 1.165) is 47.3 Å². The van der Waals surface area contributed by atoms with E-state index in [1.807, 2.05) is 0 Å². The number of unbranched alkanes of at least 4 members (excludes halogenated alkanes) is 22. The van der Waals surface area contributed by atoms with Crippen LogP contribution in [0, 0.1) is 47.3 Å². The highest BCUT2D eigenvalue weighted by molar-refractivity contribution is 4.89. The van der Waals surface area contributed by atoms with Crippen LogP contribution in [0.3, 0.4) is 0 Å². The van der Waals surface area contributed by atoms with Crippen molar-refractivity contribution in [1.82, 2.24) is 0 Å². The summed E-state index contributed by atoms with van der Waals surface area (Å²) in [5.74, 6) is 7.25. The summed E-state index contributed by atoms with van der Waals surface area (Å²) in [4.78, 5) is 0. The lowest BCUT2D eigenvalue weighted by Gasteiger charge is -2.18. The molecule has 0 heteroatoms. The van der Waals surface area contributed by atoms with Crippen LogP contribution in [0.4, 0.5) is 0 Å². The van der Waals surface area contributed by atoms with Crippen molar-refractivity contribution in [2.45, 2.75) is 400 Å². The summed E-state index contributed by atoms with van der Waals surface area (Å²) in [5, 5.41) is 0. The second-order valence-corrected chi connectivity index (χ2v) is 25.8. The maximum absolute atomic E-state index is 2.53. The molecular weight excluding hydrogens is 877 g/mol. The van der Waals surface area contributed by atoms with E-state index in [9.17, 15) is 0 Å².